The second-order valence-electron chi connectivity index (χ2n) is 5.79. The summed E-state index contributed by atoms with van der Waals surface area (Å²) in [7, 11) is 2.17. The first-order valence-electron chi connectivity index (χ1n) is 7.45. The van der Waals surface area contributed by atoms with E-state index in [1.807, 2.05) is 0 Å². The topological polar surface area (TPSA) is 15.3 Å². The Hall–Kier alpha value is -1.32. The van der Waals surface area contributed by atoms with Crippen LogP contribution in [0.2, 0.25) is 0 Å². The average molecular weight is 345 g/mol. The lowest BCUT2D eigenvalue weighted by Crippen LogP contribution is -2.18. The maximum atomic E-state index is 3.61. The Labute approximate surface area is 135 Å². The minimum atomic E-state index is 0.346. The smallest absolute Gasteiger partial charge is 0.0397 e. The van der Waals surface area contributed by atoms with E-state index in [4.69, 9.17) is 0 Å². The number of rotatable bonds is 4. The highest BCUT2D eigenvalue weighted by molar-refractivity contribution is 9.10. The molecule has 2 aromatic rings. The first-order valence-corrected chi connectivity index (χ1v) is 8.24. The molecule has 3 rings (SSSR count). The van der Waals surface area contributed by atoms with Crippen molar-refractivity contribution in [1.82, 2.24) is 5.32 Å². The van der Waals surface area contributed by atoms with Gasteiger partial charge in [-0.2, -0.15) is 0 Å². The summed E-state index contributed by atoms with van der Waals surface area (Å²) in [5.74, 6) is 0. The molecule has 0 bridgehead atoms. The molecule has 1 heterocycles. The largest absolute Gasteiger partial charge is 0.374 e. The van der Waals surface area contributed by atoms with Crippen LogP contribution in [0.1, 0.15) is 29.7 Å². The summed E-state index contributed by atoms with van der Waals surface area (Å²) >= 11 is 3.53. The normalized spacial score (nSPS) is 15.1. The van der Waals surface area contributed by atoms with Gasteiger partial charge in [0.25, 0.3) is 0 Å². The van der Waals surface area contributed by atoms with E-state index in [0.29, 0.717) is 6.04 Å². The van der Waals surface area contributed by atoms with E-state index in [0.717, 1.165) is 17.6 Å². The van der Waals surface area contributed by atoms with Gasteiger partial charge in [0.15, 0.2) is 0 Å². The summed E-state index contributed by atoms with van der Waals surface area (Å²) in [6.45, 7) is 4.26. The van der Waals surface area contributed by atoms with Crippen LogP contribution in [0.4, 0.5) is 5.69 Å². The Kier molecular flexibility index (Phi) is 4.32. The van der Waals surface area contributed by atoms with Gasteiger partial charge in [-0.05, 0) is 48.2 Å². The van der Waals surface area contributed by atoms with Gasteiger partial charge < -0.3 is 10.2 Å². The predicted octanol–water partition coefficient (Wildman–Crippen LogP) is 4.29. The third kappa shape index (κ3) is 3.30. The summed E-state index contributed by atoms with van der Waals surface area (Å²) in [6, 6.07) is 15.7. The lowest BCUT2D eigenvalue weighted by Gasteiger charge is -2.16. The number of fused-ring (bicyclic) bond motifs is 1. The van der Waals surface area contributed by atoms with E-state index >= 15 is 0 Å². The monoisotopic (exact) mass is 344 g/mol. The Bertz CT molecular complexity index is 639. The molecule has 2 aromatic carbocycles. The fraction of sp³-hybridized carbons (Fsp3) is 0.333. The number of likely N-dealkylation sites (N-methyl/N-ethyl adjacent to an activating group) is 1. The van der Waals surface area contributed by atoms with Crippen molar-refractivity contribution in [2.24, 2.45) is 0 Å². The zero-order valence-electron chi connectivity index (χ0n) is 12.6. The Morgan fingerprint density at radius 3 is 2.90 bits per heavy atom. The van der Waals surface area contributed by atoms with Gasteiger partial charge in [0.1, 0.15) is 0 Å². The van der Waals surface area contributed by atoms with E-state index in [9.17, 15) is 0 Å². The summed E-state index contributed by atoms with van der Waals surface area (Å²) in [5, 5.41) is 3.61. The molecular weight excluding hydrogens is 324 g/mol. The molecule has 1 aliphatic rings. The molecule has 0 radical (unpaired) electrons. The van der Waals surface area contributed by atoms with Crippen molar-refractivity contribution in [3.8, 4) is 0 Å². The van der Waals surface area contributed by atoms with Crippen LogP contribution in [0.15, 0.2) is 46.9 Å². The molecule has 2 nitrogen and oxygen atoms in total. The molecule has 0 amide bonds. The Morgan fingerprint density at radius 1 is 1.24 bits per heavy atom. The molecule has 0 spiro atoms. The van der Waals surface area contributed by atoms with Gasteiger partial charge in [-0.1, -0.05) is 40.2 Å². The van der Waals surface area contributed by atoms with Crippen molar-refractivity contribution in [2.75, 3.05) is 18.5 Å². The van der Waals surface area contributed by atoms with Crippen molar-refractivity contribution in [1.29, 1.82) is 0 Å². The van der Waals surface area contributed by atoms with Crippen molar-refractivity contribution < 1.29 is 0 Å². The SMILES string of the molecule is C[C@H](NCc1ccc2c(c1)CCN2C)c1cccc(Br)c1. The van der Waals surface area contributed by atoms with Gasteiger partial charge in [0.2, 0.25) is 0 Å². The van der Waals surface area contributed by atoms with Gasteiger partial charge in [0.05, 0.1) is 0 Å². The van der Waals surface area contributed by atoms with Crippen molar-refractivity contribution in [2.45, 2.75) is 25.9 Å². The number of nitrogens with one attached hydrogen (secondary N) is 1. The van der Waals surface area contributed by atoms with Crippen LogP contribution in [-0.4, -0.2) is 13.6 Å². The molecular formula is C18H21BrN2. The van der Waals surface area contributed by atoms with Gasteiger partial charge in [-0.3, -0.25) is 0 Å². The summed E-state index contributed by atoms with van der Waals surface area (Å²) in [4.78, 5) is 2.33. The second kappa shape index (κ2) is 6.20. The van der Waals surface area contributed by atoms with Crippen molar-refractivity contribution in [3.05, 3.63) is 63.6 Å². The van der Waals surface area contributed by atoms with Gasteiger partial charge >= 0.3 is 0 Å². The van der Waals surface area contributed by atoms with Crippen LogP contribution in [0, 0.1) is 0 Å². The van der Waals surface area contributed by atoms with Crippen molar-refractivity contribution in [3.63, 3.8) is 0 Å². The zero-order valence-corrected chi connectivity index (χ0v) is 14.2. The van der Waals surface area contributed by atoms with Crippen LogP contribution < -0.4 is 10.2 Å². The first-order chi connectivity index (χ1) is 10.1. The molecule has 1 N–H and O–H groups in total. The van der Waals surface area contributed by atoms with Crippen molar-refractivity contribution >= 4 is 21.6 Å². The Morgan fingerprint density at radius 2 is 2.10 bits per heavy atom. The standard InChI is InChI=1S/C18H21BrN2/c1-13(15-4-3-5-17(19)11-15)20-12-14-6-7-18-16(10-14)8-9-21(18)2/h3-7,10-11,13,20H,8-9,12H2,1-2H3/t13-/m0/s1. The fourth-order valence-electron chi connectivity index (χ4n) is 2.89. The molecule has 0 unspecified atom stereocenters. The van der Waals surface area contributed by atoms with Crippen LogP contribution >= 0.6 is 15.9 Å². The van der Waals surface area contributed by atoms with E-state index < -0.39 is 0 Å². The molecule has 0 aromatic heterocycles. The van der Waals surface area contributed by atoms with Gasteiger partial charge in [-0.25, -0.2) is 0 Å². The highest BCUT2D eigenvalue weighted by atomic mass is 79.9. The quantitative estimate of drug-likeness (QED) is 0.889. The third-order valence-electron chi connectivity index (χ3n) is 4.23. The molecule has 21 heavy (non-hydrogen) atoms. The number of benzene rings is 2. The highest BCUT2D eigenvalue weighted by Crippen LogP contribution is 2.27. The fourth-order valence-corrected chi connectivity index (χ4v) is 3.31. The summed E-state index contributed by atoms with van der Waals surface area (Å²) < 4.78 is 1.13. The molecule has 1 aliphatic heterocycles. The van der Waals surface area contributed by atoms with Crippen LogP contribution in [-0.2, 0) is 13.0 Å². The maximum Gasteiger partial charge on any atom is 0.0397 e. The van der Waals surface area contributed by atoms with Crippen LogP contribution in [0.3, 0.4) is 0 Å². The van der Waals surface area contributed by atoms with Gasteiger partial charge in [0, 0.05) is 36.3 Å². The van der Waals surface area contributed by atoms with E-state index in [1.165, 1.54) is 28.8 Å². The number of nitrogens with zero attached hydrogens (tertiary/aromatic N) is 1. The minimum Gasteiger partial charge on any atom is -0.374 e. The van der Waals surface area contributed by atoms with E-state index in [2.05, 4.69) is 82.6 Å². The molecule has 110 valence electrons. The third-order valence-corrected chi connectivity index (χ3v) is 4.73. The number of anilines is 1. The molecule has 1 atom stereocenters. The molecule has 0 aliphatic carbocycles. The van der Waals surface area contributed by atoms with E-state index in [1.54, 1.807) is 0 Å². The molecule has 0 saturated heterocycles. The minimum absolute atomic E-state index is 0.346. The van der Waals surface area contributed by atoms with Crippen LogP contribution in [0.25, 0.3) is 0 Å². The lowest BCUT2D eigenvalue weighted by atomic mass is 10.1. The molecule has 0 saturated carbocycles. The Balaban J connectivity index is 1.65. The number of halogens is 1. The van der Waals surface area contributed by atoms with E-state index in [-0.39, 0.29) is 0 Å². The van der Waals surface area contributed by atoms with Crippen LogP contribution in [0.5, 0.6) is 0 Å². The number of hydrogen-bond donors (Lipinski definition) is 1. The molecule has 0 fully saturated rings. The summed E-state index contributed by atoms with van der Waals surface area (Å²) in [6.07, 6.45) is 1.17. The number of hydrogen-bond acceptors (Lipinski definition) is 2. The van der Waals surface area contributed by atoms with Gasteiger partial charge in [-0.15, -0.1) is 0 Å². The predicted molar refractivity (Wildman–Crippen MR) is 92.8 cm³/mol. The first kappa shape index (κ1) is 14.6. The average Bonchev–Trinajstić information content (AvgIpc) is 2.86. The molecule has 3 heteroatoms. The second-order valence-corrected chi connectivity index (χ2v) is 6.71. The zero-order chi connectivity index (χ0) is 14.8. The lowest BCUT2D eigenvalue weighted by molar-refractivity contribution is 0.574. The maximum absolute atomic E-state index is 3.61. The highest BCUT2D eigenvalue weighted by Gasteiger charge is 2.15. The summed E-state index contributed by atoms with van der Waals surface area (Å²) in [5.41, 5.74) is 5.54.